The van der Waals surface area contributed by atoms with Crippen molar-refractivity contribution >= 4 is 17.8 Å². The Morgan fingerprint density at radius 3 is 1.81 bits per heavy atom. The summed E-state index contributed by atoms with van der Waals surface area (Å²) >= 11 is 0. The monoisotopic (exact) mass is 344 g/mol. The molecule has 0 aromatic rings. The van der Waals surface area contributed by atoms with Crippen molar-refractivity contribution in [2.45, 2.75) is 53.4 Å². The minimum absolute atomic E-state index is 0.0648. The van der Waals surface area contributed by atoms with Gasteiger partial charge in [-0.1, -0.05) is 26.7 Å². The molecular formula is C14H35NO4PS+. The molecule has 130 valence electrons. The first-order chi connectivity index (χ1) is 9.64. The Labute approximate surface area is 132 Å². The topological polar surface area (TPSA) is 66.8 Å². The molecule has 0 saturated heterocycles. The Morgan fingerprint density at radius 1 is 1.00 bits per heavy atom. The maximum Gasteiger partial charge on any atom is 0.397 e. The van der Waals surface area contributed by atoms with Crippen LogP contribution >= 0.6 is 7.41 Å². The van der Waals surface area contributed by atoms with Gasteiger partial charge in [-0.05, 0) is 26.7 Å². The van der Waals surface area contributed by atoms with Crippen LogP contribution in [-0.2, 0) is 14.6 Å². The Balaban J connectivity index is 0. The molecule has 0 radical (unpaired) electrons. The van der Waals surface area contributed by atoms with Crippen LogP contribution < -0.4 is 0 Å². The van der Waals surface area contributed by atoms with Crippen LogP contribution in [0.5, 0.6) is 0 Å². The summed E-state index contributed by atoms with van der Waals surface area (Å²) in [5.74, 6) is 0. The van der Waals surface area contributed by atoms with Gasteiger partial charge in [0.05, 0.1) is 33.5 Å². The van der Waals surface area contributed by atoms with Crippen molar-refractivity contribution in [1.29, 1.82) is 0 Å². The summed E-state index contributed by atoms with van der Waals surface area (Å²) in [6, 6.07) is 0. The first-order valence-electron chi connectivity index (χ1n) is 7.84. The van der Waals surface area contributed by atoms with Crippen LogP contribution in [0.15, 0.2) is 0 Å². The van der Waals surface area contributed by atoms with Crippen molar-refractivity contribution in [3.8, 4) is 0 Å². The molecule has 0 rings (SSSR count). The summed E-state index contributed by atoms with van der Waals surface area (Å²) < 4.78 is 34.3. The van der Waals surface area contributed by atoms with Gasteiger partial charge < -0.3 is 0 Å². The molecule has 7 heteroatoms. The summed E-state index contributed by atoms with van der Waals surface area (Å²) in [6.07, 6.45) is 5.66. The summed E-state index contributed by atoms with van der Waals surface area (Å²) in [4.78, 5) is 0. The zero-order chi connectivity index (χ0) is 16.9. The van der Waals surface area contributed by atoms with Crippen molar-refractivity contribution in [2.75, 3.05) is 39.2 Å². The van der Waals surface area contributed by atoms with Crippen LogP contribution in [-0.4, -0.2) is 56.8 Å². The van der Waals surface area contributed by atoms with Crippen molar-refractivity contribution in [2.24, 2.45) is 0 Å². The number of unbranched alkanes of at least 4 members (excludes halogenated alkanes) is 2. The van der Waals surface area contributed by atoms with Crippen molar-refractivity contribution < 1.29 is 17.2 Å². The van der Waals surface area contributed by atoms with Gasteiger partial charge in [0.15, 0.2) is 0 Å². The number of hydrogen-bond acceptors (Lipinski definition) is 4. The van der Waals surface area contributed by atoms with Gasteiger partial charge in [0.2, 0.25) is 0 Å². The first kappa shape index (κ1) is 23.5. The number of hydrogen-bond donors (Lipinski definition) is 1. The highest BCUT2D eigenvalue weighted by Gasteiger charge is 2.30. The van der Waals surface area contributed by atoms with E-state index in [9.17, 15) is 8.42 Å². The van der Waals surface area contributed by atoms with Crippen LogP contribution in [0.1, 0.15) is 53.4 Å². The summed E-state index contributed by atoms with van der Waals surface area (Å²) in [7, 11) is -4.93. The highest BCUT2D eigenvalue weighted by molar-refractivity contribution is 7.80. The zero-order valence-corrected chi connectivity index (χ0v) is 16.3. The fourth-order valence-corrected chi connectivity index (χ4v) is 5.22. The second kappa shape index (κ2) is 12.8. The van der Waals surface area contributed by atoms with Gasteiger partial charge in [0.1, 0.15) is 0 Å². The minimum Gasteiger partial charge on any atom is -0.264 e. The van der Waals surface area contributed by atoms with Crippen LogP contribution in [0.3, 0.4) is 0 Å². The SMILES string of the molecule is CCCCOS(=O)(=O)O.CCCC[P+](C)(C)N(CC)CC. The molecular weight excluding hydrogens is 309 g/mol. The molecule has 0 aromatic carbocycles. The summed E-state index contributed by atoms with van der Waals surface area (Å²) in [5, 5.41) is 0. The number of nitrogens with zero attached hydrogens (tertiary/aromatic N) is 1. The lowest BCUT2D eigenvalue weighted by atomic mass is 10.4. The Hall–Kier alpha value is 0.260. The van der Waals surface area contributed by atoms with E-state index in [1.807, 2.05) is 6.92 Å². The normalized spacial score (nSPS) is 12.2. The molecule has 0 atom stereocenters. The molecule has 0 unspecified atom stereocenters. The van der Waals surface area contributed by atoms with Crippen molar-refractivity contribution in [3.05, 3.63) is 0 Å². The number of rotatable bonds is 10. The zero-order valence-electron chi connectivity index (χ0n) is 14.6. The van der Waals surface area contributed by atoms with Gasteiger partial charge in [-0.15, -0.1) is 0 Å². The van der Waals surface area contributed by atoms with Gasteiger partial charge >= 0.3 is 10.4 Å². The molecule has 0 fully saturated rings. The summed E-state index contributed by atoms with van der Waals surface area (Å²) in [5.41, 5.74) is 0. The molecule has 1 N–H and O–H groups in total. The van der Waals surface area contributed by atoms with E-state index in [1.165, 1.54) is 32.1 Å². The lowest BCUT2D eigenvalue weighted by molar-refractivity contribution is 0.264. The van der Waals surface area contributed by atoms with Gasteiger partial charge in [-0.25, -0.2) is 4.18 Å². The Kier molecular flexibility index (Phi) is 14.3. The second-order valence-corrected chi connectivity index (χ2v) is 10.8. The quantitative estimate of drug-likeness (QED) is 0.369. The first-order valence-corrected chi connectivity index (χ1v) is 12.0. The van der Waals surface area contributed by atoms with Crippen LogP contribution in [0.4, 0.5) is 0 Å². The molecule has 0 aliphatic carbocycles. The van der Waals surface area contributed by atoms with Gasteiger partial charge in [0.25, 0.3) is 0 Å². The van der Waals surface area contributed by atoms with E-state index in [4.69, 9.17) is 4.55 Å². The Bertz CT molecular complexity index is 330. The van der Waals surface area contributed by atoms with E-state index in [-0.39, 0.29) is 6.61 Å². The molecule has 21 heavy (non-hydrogen) atoms. The van der Waals surface area contributed by atoms with E-state index < -0.39 is 17.8 Å². The smallest absolute Gasteiger partial charge is 0.264 e. The van der Waals surface area contributed by atoms with Gasteiger partial charge in [-0.2, -0.15) is 13.1 Å². The fourth-order valence-electron chi connectivity index (χ4n) is 1.98. The molecule has 0 bridgehead atoms. The van der Waals surface area contributed by atoms with Crippen LogP contribution in [0.25, 0.3) is 0 Å². The molecule has 0 heterocycles. The molecule has 5 nitrogen and oxygen atoms in total. The predicted molar refractivity (Wildman–Crippen MR) is 93.9 cm³/mol. The highest BCUT2D eigenvalue weighted by atomic mass is 32.3. The van der Waals surface area contributed by atoms with Gasteiger partial charge in [-0.3, -0.25) is 4.55 Å². The minimum atomic E-state index is -4.20. The molecule has 0 spiro atoms. The fraction of sp³-hybridized carbons (Fsp3) is 1.00. The lowest BCUT2D eigenvalue weighted by Crippen LogP contribution is -2.24. The second-order valence-electron chi connectivity index (χ2n) is 5.44. The van der Waals surface area contributed by atoms with Crippen molar-refractivity contribution in [3.63, 3.8) is 0 Å². The van der Waals surface area contributed by atoms with Crippen LogP contribution in [0.2, 0.25) is 0 Å². The standard InChI is InChI=1S/C10H25NP.C4H10O4S/c1-6-9-10-12(4,5)11(7-2)8-3;1-2-3-4-8-9(5,6)7/h6-10H2,1-5H3;2-4H2,1H3,(H,5,6,7)/q+1;. The molecule has 0 aliphatic rings. The molecule has 0 amide bonds. The van der Waals surface area contributed by atoms with Gasteiger partial charge in [0, 0.05) is 13.1 Å². The molecule has 0 aromatic heterocycles. The van der Waals surface area contributed by atoms with E-state index in [1.54, 1.807) is 0 Å². The maximum absolute atomic E-state index is 9.84. The largest absolute Gasteiger partial charge is 0.397 e. The average molecular weight is 344 g/mol. The lowest BCUT2D eigenvalue weighted by Gasteiger charge is -2.29. The van der Waals surface area contributed by atoms with E-state index in [0.29, 0.717) is 6.42 Å². The van der Waals surface area contributed by atoms with Crippen molar-refractivity contribution in [1.82, 2.24) is 4.67 Å². The maximum atomic E-state index is 9.84. The third-order valence-corrected chi connectivity index (χ3v) is 7.26. The van der Waals surface area contributed by atoms with E-state index in [2.05, 4.69) is 43.0 Å². The van der Waals surface area contributed by atoms with E-state index in [0.717, 1.165) is 6.42 Å². The molecule has 0 aliphatic heterocycles. The third kappa shape index (κ3) is 14.9. The van der Waals surface area contributed by atoms with Crippen LogP contribution in [0, 0.1) is 0 Å². The predicted octanol–water partition coefficient (Wildman–Crippen LogP) is 3.93. The highest BCUT2D eigenvalue weighted by Crippen LogP contribution is 2.55. The summed E-state index contributed by atoms with van der Waals surface area (Å²) in [6.45, 7) is 16.2. The average Bonchev–Trinajstić information content (AvgIpc) is 2.37. The van der Waals surface area contributed by atoms with E-state index >= 15 is 0 Å². The Morgan fingerprint density at radius 2 is 1.48 bits per heavy atom. The molecule has 0 saturated carbocycles. The third-order valence-electron chi connectivity index (χ3n) is 3.28.